The first kappa shape index (κ1) is 8.89. The molecular formula is CH5AgFS. The van der Waals surface area contributed by atoms with Gasteiger partial charge >= 0.3 is 33.7 Å². The first-order chi connectivity index (χ1) is 1.41. The molecule has 0 N–H and O–H groups in total. The van der Waals surface area contributed by atoms with Crippen molar-refractivity contribution in [2.24, 2.45) is 0 Å². The first-order valence-electron chi connectivity index (χ1n) is 0.436. The van der Waals surface area contributed by atoms with E-state index < -0.39 is 0 Å². The Morgan fingerprint density at radius 2 is 1.75 bits per heavy atom. The van der Waals surface area contributed by atoms with E-state index in [1.54, 1.807) is 0 Å². The molecule has 0 spiro atoms. The quantitative estimate of drug-likeness (QED) is 0.414. The van der Waals surface area contributed by atoms with E-state index in [0.29, 0.717) is 0 Å². The first-order valence-corrected chi connectivity index (χ1v) is 4.18. The molecule has 0 aliphatic rings. The number of hydrogen-bond donors (Lipinski definition) is 1. The number of halogens is 1. The molecular weight excluding hydrogens is 171 g/mol. The van der Waals surface area contributed by atoms with E-state index in [-0.39, 0.29) is 4.70 Å². The molecule has 0 bridgehead atoms. The van der Waals surface area contributed by atoms with Crippen LogP contribution in [0.3, 0.4) is 0 Å². The molecule has 0 fully saturated rings. The molecule has 0 radical (unpaired) electrons. The summed E-state index contributed by atoms with van der Waals surface area (Å²) < 4.78 is 0. The van der Waals surface area contributed by atoms with Crippen molar-refractivity contribution in [3.05, 3.63) is 0 Å². The summed E-state index contributed by atoms with van der Waals surface area (Å²) >= 11 is 0.764. The van der Waals surface area contributed by atoms with Crippen LogP contribution in [0.25, 0.3) is 0 Å². The second kappa shape index (κ2) is 8.99. The van der Waals surface area contributed by atoms with Gasteiger partial charge in [0, 0.05) is 0 Å². The van der Waals surface area contributed by atoms with E-state index >= 15 is 0 Å². The molecule has 0 atom stereocenters. The van der Waals surface area contributed by atoms with Crippen molar-refractivity contribution in [3.8, 4) is 0 Å². The van der Waals surface area contributed by atoms with E-state index in [0.717, 1.165) is 18.4 Å². The molecule has 0 unspecified atom stereocenters. The van der Waals surface area contributed by atoms with Gasteiger partial charge in [0.25, 0.3) is 0 Å². The molecule has 0 aliphatic carbocycles. The van der Waals surface area contributed by atoms with Gasteiger partial charge in [-0.25, -0.2) is 0 Å². The van der Waals surface area contributed by atoms with Crippen LogP contribution in [0.2, 0.25) is 5.14 Å². The van der Waals surface area contributed by atoms with Gasteiger partial charge in [0.2, 0.25) is 0 Å². The Balaban J connectivity index is 0. The van der Waals surface area contributed by atoms with Crippen molar-refractivity contribution in [3.63, 3.8) is 0 Å². The van der Waals surface area contributed by atoms with Crippen LogP contribution >= 0.6 is 10.1 Å². The van der Waals surface area contributed by atoms with Crippen LogP contribution in [0.5, 0.6) is 0 Å². The van der Waals surface area contributed by atoms with Gasteiger partial charge in [0.15, 0.2) is 0 Å². The zero-order valence-corrected chi connectivity index (χ0v) is 4.53. The average molecular weight is 176 g/mol. The fourth-order valence-electron chi connectivity index (χ4n) is 0. The Kier molecular flexibility index (Phi) is 20.0. The summed E-state index contributed by atoms with van der Waals surface area (Å²) in [5, 5.41) is 2.02. The Labute approximate surface area is 38.7 Å². The van der Waals surface area contributed by atoms with Crippen LogP contribution < -0.4 is 0 Å². The monoisotopic (exact) mass is 175 g/mol. The molecule has 0 aromatic carbocycles. The number of thiol groups is 1. The number of hydrogen-bond acceptors (Lipinski definition) is 1. The Morgan fingerprint density at radius 3 is 1.75 bits per heavy atom. The fraction of sp³-hybridized carbons (Fsp3) is 1.00. The van der Waals surface area contributed by atoms with Crippen molar-refractivity contribution in [1.82, 2.24) is 0 Å². The second-order valence-corrected chi connectivity index (χ2v) is 2.39. The van der Waals surface area contributed by atoms with Crippen LogP contribution in [0.1, 0.15) is 0 Å². The van der Waals surface area contributed by atoms with Crippen molar-refractivity contribution >= 4 is 10.1 Å². The van der Waals surface area contributed by atoms with E-state index in [1.165, 1.54) is 0 Å². The molecule has 0 amide bonds. The molecule has 0 aromatic heterocycles. The van der Waals surface area contributed by atoms with Gasteiger partial charge in [-0.1, -0.05) is 0 Å². The minimum atomic E-state index is 0. The van der Waals surface area contributed by atoms with Gasteiger partial charge in [0.1, 0.15) is 0 Å². The maximum absolute atomic E-state index is 3.82. The summed E-state index contributed by atoms with van der Waals surface area (Å²) in [6.45, 7) is 0. The third-order valence-corrected chi connectivity index (χ3v) is 0. The molecule has 0 rings (SSSR count). The van der Waals surface area contributed by atoms with Crippen LogP contribution in [0, 0.1) is 0 Å². The average Bonchev–Trinajstić information content (AvgIpc) is 0.918. The molecule has 0 aliphatic heterocycles. The molecule has 3 heteroatoms. The molecule has 0 saturated carbocycles. The topological polar surface area (TPSA) is 0 Å². The molecule has 33 valence electrons. The molecule has 0 nitrogen and oxygen atoms in total. The second-order valence-electron chi connectivity index (χ2n) is 0.135. The third-order valence-electron chi connectivity index (χ3n) is 0. The summed E-state index contributed by atoms with van der Waals surface area (Å²) in [6.07, 6.45) is 0. The van der Waals surface area contributed by atoms with E-state index in [2.05, 4.69) is 10.1 Å². The summed E-state index contributed by atoms with van der Waals surface area (Å²) in [6, 6.07) is 0. The van der Waals surface area contributed by atoms with Crippen molar-refractivity contribution in [1.29, 1.82) is 0 Å². The Bertz CT molecular complexity index is 8.00. The zero-order valence-electron chi connectivity index (χ0n) is 2.16. The summed E-state index contributed by atoms with van der Waals surface area (Å²) in [5.74, 6) is 0. The predicted molar refractivity (Wildman–Crippen MR) is 17.4 cm³/mol. The fourth-order valence-corrected chi connectivity index (χ4v) is 0. The Morgan fingerprint density at radius 1 is 1.75 bits per heavy atom. The van der Waals surface area contributed by atoms with Crippen LogP contribution in [0.15, 0.2) is 0 Å². The predicted octanol–water partition coefficient (Wildman–Crippen LogP) is 1.11. The molecule has 4 heavy (non-hydrogen) atoms. The van der Waals surface area contributed by atoms with Gasteiger partial charge in [0.05, 0.1) is 0 Å². The van der Waals surface area contributed by atoms with E-state index in [9.17, 15) is 0 Å². The molecule has 0 aromatic rings. The SMILES string of the molecule is F.[CH3][Ag][SH]. The Hall–Kier alpha value is 1.02. The summed E-state index contributed by atoms with van der Waals surface area (Å²) in [5.41, 5.74) is 0. The van der Waals surface area contributed by atoms with Gasteiger partial charge in [-0.05, 0) is 0 Å². The van der Waals surface area contributed by atoms with Gasteiger partial charge in [-0.3, -0.25) is 4.70 Å². The van der Waals surface area contributed by atoms with Gasteiger partial charge in [-0.15, -0.1) is 0 Å². The van der Waals surface area contributed by atoms with Crippen molar-refractivity contribution < 1.29 is 23.1 Å². The van der Waals surface area contributed by atoms with Crippen molar-refractivity contribution in [2.75, 3.05) is 0 Å². The van der Waals surface area contributed by atoms with Gasteiger partial charge in [-0.2, -0.15) is 0 Å². The summed E-state index contributed by atoms with van der Waals surface area (Å²) in [7, 11) is 3.82. The van der Waals surface area contributed by atoms with Crippen LogP contribution in [-0.4, -0.2) is 0 Å². The maximum atomic E-state index is 3.82. The minimum absolute atomic E-state index is 0. The van der Waals surface area contributed by atoms with Crippen LogP contribution in [0.4, 0.5) is 4.70 Å². The van der Waals surface area contributed by atoms with E-state index in [1.807, 2.05) is 5.14 Å². The van der Waals surface area contributed by atoms with Crippen molar-refractivity contribution in [2.45, 2.75) is 5.14 Å². The number of rotatable bonds is 0. The van der Waals surface area contributed by atoms with Gasteiger partial charge < -0.3 is 0 Å². The normalized spacial score (nSPS) is 5.50. The zero-order chi connectivity index (χ0) is 2.71. The molecule has 0 heterocycles. The third kappa shape index (κ3) is 11.8. The van der Waals surface area contributed by atoms with E-state index in [4.69, 9.17) is 0 Å². The molecule has 0 saturated heterocycles. The summed E-state index contributed by atoms with van der Waals surface area (Å²) in [4.78, 5) is 0. The van der Waals surface area contributed by atoms with Crippen LogP contribution in [-0.2, 0) is 18.4 Å². The standard InChI is InChI=1S/CH3.Ag.FH.H2S/h1H3;;1H;1H2/q;+1;;/p-1.